The van der Waals surface area contributed by atoms with Crippen LogP contribution in [0.5, 0.6) is 11.5 Å². The van der Waals surface area contributed by atoms with E-state index in [-0.39, 0.29) is 0 Å². The van der Waals surface area contributed by atoms with Crippen molar-refractivity contribution in [1.82, 2.24) is 0 Å². The number of hydrogen-bond acceptors (Lipinski definition) is 3. The maximum Gasteiger partial charge on any atom is 0.127 e. The molecule has 0 heterocycles. The summed E-state index contributed by atoms with van der Waals surface area (Å²) in [7, 11) is 0. The zero-order valence-electron chi connectivity index (χ0n) is 10.8. The quantitative estimate of drug-likeness (QED) is 0.836. The number of hydrogen-bond donors (Lipinski definition) is 2. The van der Waals surface area contributed by atoms with Gasteiger partial charge in [0.1, 0.15) is 11.5 Å². The smallest absolute Gasteiger partial charge is 0.127 e. The summed E-state index contributed by atoms with van der Waals surface area (Å²) >= 11 is 0. The molecule has 0 amide bonds. The van der Waals surface area contributed by atoms with Gasteiger partial charge in [0, 0.05) is 6.54 Å². The largest absolute Gasteiger partial charge is 0.457 e. The summed E-state index contributed by atoms with van der Waals surface area (Å²) in [5, 5.41) is 9.42. The van der Waals surface area contributed by atoms with Crippen molar-refractivity contribution in [2.75, 3.05) is 6.54 Å². The molecule has 0 aliphatic rings. The number of benzene rings is 2. The number of aryl methyl sites for hydroxylation is 1. The molecule has 100 valence electrons. The van der Waals surface area contributed by atoms with Gasteiger partial charge in [-0.1, -0.05) is 30.3 Å². The van der Waals surface area contributed by atoms with Crippen LogP contribution in [0.2, 0.25) is 0 Å². The zero-order chi connectivity index (χ0) is 13.5. The van der Waals surface area contributed by atoms with Crippen molar-refractivity contribution in [3.05, 3.63) is 60.2 Å². The molecule has 19 heavy (non-hydrogen) atoms. The molecule has 3 N–H and O–H groups in total. The third-order valence-corrected chi connectivity index (χ3v) is 2.94. The molecule has 1 unspecified atom stereocenters. The van der Waals surface area contributed by atoms with Crippen LogP contribution in [0.4, 0.5) is 0 Å². The fourth-order valence-corrected chi connectivity index (χ4v) is 1.80. The van der Waals surface area contributed by atoms with Gasteiger partial charge in [-0.3, -0.25) is 0 Å². The van der Waals surface area contributed by atoms with Crippen LogP contribution in [-0.2, 0) is 6.42 Å². The molecule has 3 heteroatoms. The number of rotatable bonds is 6. The van der Waals surface area contributed by atoms with E-state index in [4.69, 9.17) is 10.5 Å². The SMILES string of the molecule is NCC(O)CCc1ccc(Oc2ccccc2)cc1. The van der Waals surface area contributed by atoms with Crippen LogP contribution in [0.25, 0.3) is 0 Å². The van der Waals surface area contributed by atoms with E-state index in [0.29, 0.717) is 13.0 Å². The lowest BCUT2D eigenvalue weighted by Crippen LogP contribution is -2.20. The summed E-state index contributed by atoms with van der Waals surface area (Å²) in [4.78, 5) is 0. The Morgan fingerprint density at radius 2 is 1.58 bits per heavy atom. The number of para-hydroxylation sites is 1. The Kier molecular flexibility index (Phi) is 4.95. The van der Waals surface area contributed by atoms with Gasteiger partial charge < -0.3 is 15.6 Å². The van der Waals surface area contributed by atoms with Crippen molar-refractivity contribution in [3.63, 3.8) is 0 Å². The first-order chi connectivity index (χ1) is 9.28. The maximum absolute atomic E-state index is 9.42. The van der Waals surface area contributed by atoms with Gasteiger partial charge in [-0.2, -0.15) is 0 Å². The molecular weight excluding hydrogens is 238 g/mol. The van der Waals surface area contributed by atoms with Gasteiger partial charge in [0.25, 0.3) is 0 Å². The van der Waals surface area contributed by atoms with Crippen molar-refractivity contribution in [3.8, 4) is 11.5 Å². The van der Waals surface area contributed by atoms with Crippen molar-refractivity contribution in [1.29, 1.82) is 0 Å². The monoisotopic (exact) mass is 257 g/mol. The summed E-state index contributed by atoms with van der Waals surface area (Å²) < 4.78 is 5.71. The van der Waals surface area contributed by atoms with Crippen LogP contribution >= 0.6 is 0 Å². The van der Waals surface area contributed by atoms with E-state index in [1.165, 1.54) is 5.56 Å². The second-order valence-corrected chi connectivity index (χ2v) is 4.49. The molecule has 2 rings (SSSR count). The van der Waals surface area contributed by atoms with Crippen molar-refractivity contribution < 1.29 is 9.84 Å². The van der Waals surface area contributed by atoms with Gasteiger partial charge in [-0.05, 0) is 42.7 Å². The van der Waals surface area contributed by atoms with Gasteiger partial charge in [-0.15, -0.1) is 0 Å². The molecule has 0 radical (unpaired) electrons. The highest BCUT2D eigenvalue weighted by Gasteiger charge is 2.02. The molecule has 0 fully saturated rings. The second kappa shape index (κ2) is 6.92. The van der Waals surface area contributed by atoms with E-state index in [0.717, 1.165) is 17.9 Å². The number of aliphatic hydroxyl groups is 1. The average Bonchev–Trinajstić information content (AvgIpc) is 2.47. The first kappa shape index (κ1) is 13.6. The van der Waals surface area contributed by atoms with E-state index in [2.05, 4.69) is 0 Å². The maximum atomic E-state index is 9.42. The number of ether oxygens (including phenoxy) is 1. The molecule has 0 aliphatic heterocycles. The Hall–Kier alpha value is -1.84. The van der Waals surface area contributed by atoms with Crippen molar-refractivity contribution >= 4 is 0 Å². The van der Waals surface area contributed by atoms with Crippen LogP contribution in [0.1, 0.15) is 12.0 Å². The minimum absolute atomic E-state index is 0.315. The second-order valence-electron chi connectivity index (χ2n) is 4.49. The van der Waals surface area contributed by atoms with E-state index in [1.807, 2.05) is 54.6 Å². The first-order valence-electron chi connectivity index (χ1n) is 6.48. The lowest BCUT2D eigenvalue weighted by molar-refractivity contribution is 0.173. The highest BCUT2D eigenvalue weighted by atomic mass is 16.5. The minimum atomic E-state index is -0.416. The highest BCUT2D eigenvalue weighted by molar-refractivity contribution is 5.32. The first-order valence-corrected chi connectivity index (χ1v) is 6.48. The summed E-state index contributed by atoms with van der Waals surface area (Å²) in [6, 6.07) is 17.6. The fraction of sp³-hybridized carbons (Fsp3) is 0.250. The third-order valence-electron chi connectivity index (χ3n) is 2.94. The Labute approximate surface area is 113 Å². The van der Waals surface area contributed by atoms with Crippen molar-refractivity contribution in [2.45, 2.75) is 18.9 Å². The molecule has 0 aromatic heterocycles. The Morgan fingerprint density at radius 1 is 0.947 bits per heavy atom. The Bertz CT molecular complexity index is 482. The van der Waals surface area contributed by atoms with Gasteiger partial charge in [0.2, 0.25) is 0 Å². The topological polar surface area (TPSA) is 55.5 Å². The Morgan fingerprint density at radius 3 is 2.21 bits per heavy atom. The molecule has 0 saturated heterocycles. The fourth-order valence-electron chi connectivity index (χ4n) is 1.80. The number of aliphatic hydroxyl groups excluding tert-OH is 1. The predicted molar refractivity (Wildman–Crippen MR) is 76.3 cm³/mol. The summed E-state index contributed by atoms with van der Waals surface area (Å²) in [6.45, 7) is 0.315. The zero-order valence-corrected chi connectivity index (χ0v) is 10.8. The molecule has 0 aliphatic carbocycles. The lowest BCUT2D eigenvalue weighted by atomic mass is 10.1. The number of nitrogens with two attached hydrogens (primary N) is 1. The molecule has 2 aromatic rings. The lowest BCUT2D eigenvalue weighted by Gasteiger charge is -2.09. The summed E-state index contributed by atoms with van der Waals surface area (Å²) in [5.74, 6) is 1.64. The molecular formula is C16H19NO2. The molecule has 3 nitrogen and oxygen atoms in total. The summed E-state index contributed by atoms with van der Waals surface area (Å²) in [5.41, 5.74) is 6.55. The van der Waals surface area contributed by atoms with Gasteiger partial charge in [0.15, 0.2) is 0 Å². The molecule has 1 atom stereocenters. The Balaban J connectivity index is 1.91. The van der Waals surface area contributed by atoms with Crippen LogP contribution in [0, 0.1) is 0 Å². The molecule has 0 spiro atoms. The predicted octanol–water partition coefficient (Wildman–Crippen LogP) is 2.73. The van der Waals surface area contributed by atoms with E-state index in [1.54, 1.807) is 0 Å². The molecule has 0 saturated carbocycles. The minimum Gasteiger partial charge on any atom is -0.457 e. The van der Waals surface area contributed by atoms with Gasteiger partial charge in [0.05, 0.1) is 6.10 Å². The highest BCUT2D eigenvalue weighted by Crippen LogP contribution is 2.21. The standard InChI is InChI=1S/C16H19NO2/c17-12-14(18)9-6-13-7-10-16(11-8-13)19-15-4-2-1-3-5-15/h1-5,7-8,10-11,14,18H,6,9,12,17H2. The molecule has 0 bridgehead atoms. The van der Waals surface area contributed by atoms with Crippen LogP contribution in [0.15, 0.2) is 54.6 Å². The van der Waals surface area contributed by atoms with E-state index < -0.39 is 6.10 Å². The van der Waals surface area contributed by atoms with E-state index >= 15 is 0 Å². The van der Waals surface area contributed by atoms with Gasteiger partial charge >= 0.3 is 0 Å². The normalized spacial score (nSPS) is 12.1. The van der Waals surface area contributed by atoms with E-state index in [9.17, 15) is 5.11 Å². The van der Waals surface area contributed by atoms with Gasteiger partial charge in [-0.25, -0.2) is 0 Å². The van der Waals surface area contributed by atoms with Crippen LogP contribution < -0.4 is 10.5 Å². The van der Waals surface area contributed by atoms with Crippen LogP contribution in [0.3, 0.4) is 0 Å². The molecule has 2 aromatic carbocycles. The average molecular weight is 257 g/mol. The summed E-state index contributed by atoms with van der Waals surface area (Å²) in [6.07, 6.45) is 1.10. The van der Waals surface area contributed by atoms with Crippen molar-refractivity contribution in [2.24, 2.45) is 5.73 Å². The van der Waals surface area contributed by atoms with Crippen LogP contribution in [-0.4, -0.2) is 17.8 Å². The third kappa shape index (κ3) is 4.39.